The van der Waals surface area contributed by atoms with E-state index < -0.39 is 9.62 Å². The van der Waals surface area contributed by atoms with Crippen molar-refractivity contribution in [3.63, 3.8) is 0 Å². The lowest BCUT2D eigenvalue weighted by Crippen LogP contribution is -2.23. The van der Waals surface area contributed by atoms with Crippen molar-refractivity contribution in [2.24, 2.45) is 5.92 Å². The van der Waals surface area contributed by atoms with E-state index in [2.05, 4.69) is 18.4 Å². The maximum atomic E-state index is 11.1. The molecule has 0 aromatic rings. The number of carbonyl (C=O) groups excluding carboxylic acids is 1. The van der Waals surface area contributed by atoms with Crippen LogP contribution >= 0.6 is 0 Å². The number of hydrogen-bond acceptors (Lipinski definition) is 1. The van der Waals surface area contributed by atoms with Gasteiger partial charge in [0.1, 0.15) is 5.75 Å². The fourth-order valence-electron chi connectivity index (χ4n) is 0.552. The molecule has 0 aliphatic heterocycles. The van der Waals surface area contributed by atoms with E-state index in [4.69, 9.17) is 0 Å². The molecule has 0 saturated carbocycles. The monoisotopic (exact) mass is 161 g/mol. The van der Waals surface area contributed by atoms with Gasteiger partial charge in [-0.15, -0.1) is 9.62 Å². The van der Waals surface area contributed by atoms with E-state index in [0.29, 0.717) is 11.5 Å². The normalized spacial score (nSPS) is 12.1. The minimum atomic E-state index is -0.868. The van der Waals surface area contributed by atoms with Gasteiger partial charge in [0, 0.05) is 11.8 Å². The van der Waals surface area contributed by atoms with Gasteiger partial charge in [0.05, 0.1) is 12.5 Å². The summed E-state index contributed by atoms with van der Waals surface area (Å²) in [6.45, 7) is 3.88. The van der Waals surface area contributed by atoms with Crippen molar-refractivity contribution in [1.82, 2.24) is 0 Å². The number of hydrogen-bond donors (Lipinski definition) is 0. The Morgan fingerprint density at radius 2 is 1.90 bits per heavy atom. The van der Waals surface area contributed by atoms with Gasteiger partial charge < -0.3 is 0 Å². The van der Waals surface area contributed by atoms with Gasteiger partial charge in [-0.25, -0.2) is 0 Å². The Bertz CT molecular complexity index is 164. The summed E-state index contributed by atoms with van der Waals surface area (Å²) in [5.74, 6) is 5.14. The predicted octanol–water partition coefficient (Wildman–Crippen LogP) is 1.06. The average molecular weight is 161 g/mol. The van der Waals surface area contributed by atoms with Gasteiger partial charge in [0.2, 0.25) is 0 Å². The topological polar surface area (TPSA) is 17.1 Å². The van der Waals surface area contributed by atoms with Crippen LogP contribution in [0.2, 0.25) is 0 Å². The Kier molecular flexibility index (Phi) is 3.29. The van der Waals surface area contributed by atoms with Gasteiger partial charge in [-0.05, 0) is 0 Å². The number of ketones is 1. The summed E-state index contributed by atoms with van der Waals surface area (Å²) < 4.78 is 0. The van der Waals surface area contributed by atoms with Crippen molar-refractivity contribution in [1.29, 1.82) is 0 Å². The summed E-state index contributed by atoms with van der Waals surface area (Å²) >= 11 is 0. The van der Waals surface area contributed by atoms with Crippen molar-refractivity contribution in [2.45, 2.75) is 13.8 Å². The maximum Gasteiger partial charge on any atom is 0.180 e. The van der Waals surface area contributed by atoms with Gasteiger partial charge >= 0.3 is 0 Å². The third-order valence-corrected chi connectivity index (χ3v) is 2.24. The Morgan fingerprint density at radius 1 is 1.50 bits per heavy atom. The van der Waals surface area contributed by atoms with Gasteiger partial charge in [0.25, 0.3) is 0 Å². The smallest absolute Gasteiger partial charge is 0.180 e. The number of carbonyl (C=O) groups is 1. The Hall–Kier alpha value is -0.110. The molecule has 10 heavy (non-hydrogen) atoms. The van der Waals surface area contributed by atoms with Crippen LogP contribution in [0, 0.1) is 5.92 Å². The van der Waals surface area contributed by atoms with Crippen molar-refractivity contribution < 1.29 is 4.79 Å². The van der Waals surface area contributed by atoms with Crippen LogP contribution in [0.1, 0.15) is 13.8 Å². The van der Waals surface area contributed by atoms with Crippen LogP contribution in [-0.2, 0) is 14.4 Å². The fraction of sp³-hybridized carbons (Fsp3) is 0.750. The highest BCUT2D eigenvalue weighted by molar-refractivity contribution is 8.10. The quantitative estimate of drug-likeness (QED) is 0.447. The summed E-state index contributed by atoms with van der Waals surface area (Å²) in [5.41, 5.74) is 0. The lowest BCUT2D eigenvalue weighted by Gasteiger charge is -2.08. The van der Waals surface area contributed by atoms with Gasteiger partial charge in [-0.3, -0.25) is 4.79 Å². The van der Waals surface area contributed by atoms with Crippen LogP contribution in [0.15, 0.2) is 0 Å². The van der Waals surface area contributed by atoms with E-state index in [1.165, 1.54) is 0 Å². The highest BCUT2D eigenvalue weighted by Gasteiger charge is 2.15. The predicted molar refractivity (Wildman–Crippen MR) is 51.0 cm³/mol. The van der Waals surface area contributed by atoms with E-state index in [-0.39, 0.29) is 5.92 Å². The molecule has 0 radical (unpaired) electrons. The summed E-state index contributed by atoms with van der Waals surface area (Å²) in [7, 11) is -0.868. The zero-order chi connectivity index (χ0) is 8.36. The molecule has 0 atom stereocenters. The van der Waals surface area contributed by atoms with Crippen LogP contribution in [0.5, 0.6) is 0 Å². The van der Waals surface area contributed by atoms with Crippen LogP contribution < -0.4 is 0 Å². The molecule has 0 aliphatic carbocycles. The maximum absolute atomic E-state index is 11.1. The lowest BCUT2D eigenvalue weighted by molar-refractivity contribution is -0.119. The molecule has 0 spiro atoms. The molecule has 0 unspecified atom stereocenters. The first-order valence-electron chi connectivity index (χ1n) is 3.39. The molecule has 0 rings (SSSR count). The van der Waals surface area contributed by atoms with Crippen molar-refractivity contribution in [3.05, 3.63) is 0 Å². The van der Waals surface area contributed by atoms with Gasteiger partial charge in [-0.1, -0.05) is 13.8 Å². The second kappa shape index (κ2) is 3.33. The average Bonchev–Trinajstić information content (AvgIpc) is 1.60. The second-order valence-corrected chi connectivity index (χ2v) is 7.36. The van der Waals surface area contributed by atoms with E-state index in [0.717, 1.165) is 0 Å². The summed E-state index contributed by atoms with van der Waals surface area (Å²) in [4.78, 5) is 11.1. The highest BCUT2D eigenvalue weighted by Crippen LogP contribution is 2.00. The molecule has 60 valence electrons. The molecule has 1 nitrogen and oxygen atoms in total. The Labute approximate surface area is 64.7 Å². The van der Waals surface area contributed by atoms with Crippen LogP contribution in [-0.4, -0.2) is 29.9 Å². The molecule has 0 N–H and O–H groups in total. The number of rotatable bonds is 3. The standard InChI is InChI=1S/C8H17OS/c1-7(2)8(9)6-10(3,4)5/h7H,3,6H2,1-2,4-5H3/q+1. The Balaban J connectivity index is 3.94. The summed E-state index contributed by atoms with van der Waals surface area (Å²) in [6, 6.07) is 0. The molecule has 0 aromatic carbocycles. The molecule has 0 amide bonds. The highest BCUT2D eigenvalue weighted by atomic mass is 32.2. The van der Waals surface area contributed by atoms with Gasteiger partial charge in [0.15, 0.2) is 5.78 Å². The lowest BCUT2D eigenvalue weighted by atomic mass is 10.1. The first-order valence-corrected chi connectivity index (χ1v) is 6.18. The SMILES string of the molecule is C=[S+](C)(C)CC(=O)C(C)C. The zero-order valence-electron chi connectivity index (χ0n) is 7.31. The molecule has 0 saturated heterocycles. The molecular weight excluding hydrogens is 144 g/mol. The molecule has 0 bridgehead atoms. The van der Waals surface area contributed by atoms with Crippen molar-refractivity contribution in [2.75, 3.05) is 18.3 Å². The molecule has 0 fully saturated rings. The first kappa shape index (κ1) is 9.89. The first-order chi connectivity index (χ1) is 4.33. The minimum absolute atomic E-state index is 0.175. The van der Waals surface area contributed by atoms with Crippen LogP contribution in [0.3, 0.4) is 0 Å². The largest absolute Gasteiger partial charge is 0.294 e. The molecule has 0 heterocycles. The van der Waals surface area contributed by atoms with Crippen LogP contribution in [0.25, 0.3) is 0 Å². The van der Waals surface area contributed by atoms with E-state index >= 15 is 0 Å². The third kappa shape index (κ3) is 4.74. The zero-order valence-corrected chi connectivity index (χ0v) is 8.12. The van der Waals surface area contributed by atoms with Crippen molar-refractivity contribution in [3.8, 4) is 0 Å². The number of Topliss-reactive ketones (excluding diaryl/α,β-unsaturated/α-hetero) is 1. The second-order valence-electron chi connectivity index (χ2n) is 3.53. The van der Waals surface area contributed by atoms with E-state index in [1.807, 2.05) is 13.8 Å². The fourth-order valence-corrected chi connectivity index (χ4v) is 1.66. The third-order valence-electron chi connectivity index (χ3n) is 1.18. The molecular formula is C8H17OS+. The molecule has 0 aromatic heterocycles. The Morgan fingerprint density at radius 3 is 2.00 bits per heavy atom. The van der Waals surface area contributed by atoms with E-state index in [1.54, 1.807) is 0 Å². The molecule has 2 heteroatoms. The summed E-state index contributed by atoms with van der Waals surface area (Å²) in [5, 5.41) is 0. The van der Waals surface area contributed by atoms with E-state index in [9.17, 15) is 4.79 Å². The van der Waals surface area contributed by atoms with Crippen LogP contribution in [0.4, 0.5) is 0 Å². The summed E-state index contributed by atoms with van der Waals surface area (Å²) in [6.07, 6.45) is 4.13. The van der Waals surface area contributed by atoms with Gasteiger partial charge in [-0.2, -0.15) is 0 Å². The van der Waals surface area contributed by atoms with Crippen molar-refractivity contribution >= 4 is 21.3 Å². The minimum Gasteiger partial charge on any atom is -0.294 e. The molecule has 0 aliphatic rings.